The maximum absolute atomic E-state index is 11.9. The van der Waals surface area contributed by atoms with Crippen LogP contribution in [-0.4, -0.2) is 24.9 Å². The van der Waals surface area contributed by atoms with Crippen LogP contribution in [0.5, 0.6) is 0 Å². The van der Waals surface area contributed by atoms with Gasteiger partial charge in [-0.15, -0.1) is 0 Å². The van der Waals surface area contributed by atoms with Crippen molar-refractivity contribution in [2.24, 2.45) is 0 Å². The smallest absolute Gasteiger partial charge is 0.251 e. The number of halogens is 2. The Balaban J connectivity index is 1.65. The quantitative estimate of drug-likeness (QED) is 0.739. The second-order valence-corrected chi connectivity index (χ2v) is 6.05. The summed E-state index contributed by atoms with van der Waals surface area (Å²) in [6.07, 6.45) is 0.942. The van der Waals surface area contributed by atoms with Crippen LogP contribution in [0.3, 0.4) is 0 Å². The van der Waals surface area contributed by atoms with Gasteiger partial charge in [0.25, 0.3) is 5.91 Å². The molecule has 2 aromatic carbocycles. The van der Waals surface area contributed by atoms with Gasteiger partial charge in [0.15, 0.2) is 0 Å². The van der Waals surface area contributed by atoms with Crippen LogP contribution in [0.15, 0.2) is 48.5 Å². The molecule has 0 heterocycles. The van der Waals surface area contributed by atoms with Crippen LogP contribution < -0.4 is 10.6 Å². The highest BCUT2D eigenvalue weighted by atomic mass is 35.5. The van der Waals surface area contributed by atoms with Crippen LogP contribution in [0, 0.1) is 0 Å². The summed E-state index contributed by atoms with van der Waals surface area (Å²) in [5, 5.41) is 6.76. The number of nitrogens with one attached hydrogen (secondary N) is 2. The van der Waals surface area contributed by atoms with E-state index >= 15 is 0 Å². The normalized spacial score (nSPS) is 10.2. The summed E-state index contributed by atoms with van der Waals surface area (Å²) in [4.78, 5) is 23.7. The number of carbonyl (C=O) groups excluding carboxylic acids is 2. The lowest BCUT2D eigenvalue weighted by molar-refractivity contribution is -0.121. The van der Waals surface area contributed by atoms with Gasteiger partial charge in [-0.25, -0.2) is 0 Å². The van der Waals surface area contributed by atoms with Gasteiger partial charge in [0.1, 0.15) is 0 Å². The van der Waals surface area contributed by atoms with Crippen LogP contribution >= 0.6 is 23.2 Å². The molecule has 0 aliphatic rings. The fourth-order valence-electron chi connectivity index (χ4n) is 2.12. The summed E-state index contributed by atoms with van der Waals surface area (Å²) >= 11 is 11.8. The van der Waals surface area contributed by atoms with Crippen LogP contribution in [0.1, 0.15) is 22.3 Å². The second-order valence-electron chi connectivity index (χ2n) is 5.20. The molecule has 0 spiro atoms. The SMILES string of the molecule is O=C(CCc1ccccc1Cl)NCCNC(=O)c1ccc(Cl)cc1. The largest absolute Gasteiger partial charge is 0.354 e. The molecule has 0 saturated carbocycles. The fraction of sp³-hybridized carbons (Fsp3) is 0.222. The molecule has 2 aromatic rings. The molecule has 0 fully saturated rings. The van der Waals surface area contributed by atoms with Gasteiger partial charge in [-0.3, -0.25) is 9.59 Å². The van der Waals surface area contributed by atoms with Crippen LogP contribution in [-0.2, 0) is 11.2 Å². The molecule has 0 saturated heterocycles. The van der Waals surface area contributed by atoms with E-state index in [4.69, 9.17) is 23.2 Å². The molecule has 0 bridgehead atoms. The lowest BCUT2D eigenvalue weighted by atomic mass is 10.1. The molecular formula is C18H18Cl2N2O2. The third-order valence-electron chi connectivity index (χ3n) is 3.42. The first-order valence-corrected chi connectivity index (χ1v) is 8.36. The van der Waals surface area contributed by atoms with Crippen molar-refractivity contribution in [2.45, 2.75) is 12.8 Å². The summed E-state index contributed by atoms with van der Waals surface area (Å²) in [5.41, 5.74) is 1.48. The van der Waals surface area contributed by atoms with Crippen LogP contribution in [0.2, 0.25) is 10.0 Å². The van der Waals surface area contributed by atoms with Crippen molar-refractivity contribution in [1.29, 1.82) is 0 Å². The van der Waals surface area contributed by atoms with E-state index in [1.807, 2.05) is 18.2 Å². The van der Waals surface area contributed by atoms with Crippen molar-refractivity contribution >= 4 is 35.0 Å². The zero-order chi connectivity index (χ0) is 17.4. The third kappa shape index (κ3) is 5.87. The number of carbonyl (C=O) groups is 2. The maximum atomic E-state index is 11.9. The second kappa shape index (κ2) is 9.30. The third-order valence-corrected chi connectivity index (χ3v) is 4.04. The zero-order valence-corrected chi connectivity index (χ0v) is 14.5. The Bertz CT molecular complexity index is 702. The number of hydrogen-bond donors (Lipinski definition) is 2. The predicted octanol–water partition coefficient (Wildman–Crippen LogP) is 3.47. The number of benzene rings is 2. The Labute approximate surface area is 151 Å². The minimum atomic E-state index is -0.197. The van der Waals surface area contributed by atoms with Gasteiger partial charge in [-0.1, -0.05) is 41.4 Å². The molecule has 0 aliphatic carbocycles. The minimum Gasteiger partial charge on any atom is -0.354 e. The van der Waals surface area contributed by atoms with E-state index < -0.39 is 0 Å². The van der Waals surface area contributed by atoms with Gasteiger partial charge in [0, 0.05) is 35.1 Å². The number of amides is 2. The van der Waals surface area contributed by atoms with Gasteiger partial charge in [-0.2, -0.15) is 0 Å². The molecule has 0 unspecified atom stereocenters. The molecule has 2 N–H and O–H groups in total. The van der Waals surface area contributed by atoms with Crippen molar-refractivity contribution < 1.29 is 9.59 Å². The average molecular weight is 365 g/mol. The zero-order valence-electron chi connectivity index (χ0n) is 13.0. The summed E-state index contributed by atoms with van der Waals surface area (Å²) < 4.78 is 0. The Hall–Kier alpha value is -2.04. The van der Waals surface area contributed by atoms with E-state index in [9.17, 15) is 9.59 Å². The molecule has 126 valence electrons. The van der Waals surface area contributed by atoms with Gasteiger partial charge in [0.05, 0.1) is 0 Å². The summed E-state index contributed by atoms with van der Waals surface area (Å²) in [7, 11) is 0. The number of hydrogen-bond acceptors (Lipinski definition) is 2. The lowest BCUT2D eigenvalue weighted by Crippen LogP contribution is -2.34. The first-order valence-electron chi connectivity index (χ1n) is 7.60. The number of rotatable bonds is 7. The highest BCUT2D eigenvalue weighted by Crippen LogP contribution is 2.16. The average Bonchev–Trinajstić information content (AvgIpc) is 2.58. The van der Waals surface area contributed by atoms with Gasteiger partial charge < -0.3 is 10.6 Å². The van der Waals surface area contributed by atoms with Gasteiger partial charge >= 0.3 is 0 Å². The van der Waals surface area contributed by atoms with E-state index in [0.29, 0.717) is 41.5 Å². The Kier molecular flexibility index (Phi) is 7.09. The summed E-state index contributed by atoms with van der Waals surface area (Å²) in [6, 6.07) is 14.1. The standard InChI is InChI=1S/C18H18Cl2N2O2/c19-15-8-5-14(6-9-15)18(24)22-12-11-21-17(23)10-7-13-3-1-2-4-16(13)20/h1-6,8-9H,7,10-12H2,(H,21,23)(H,22,24). The maximum Gasteiger partial charge on any atom is 0.251 e. The highest BCUT2D eigenvalue weighted by molar-refractivity contribution is 6.31. The fourth-order valence-corrected chi connectivity index (χ4v) is 2.48. The van der Waals surface area contributed by atoms with E-state index in [2.05, 4.69) is 10.6 Å². The van der Waals surface area contributed by atoms with Crippen molar-refractivity contribution in [3.05, 3.63) is 69.7 Å². The summed E-state index contributed by atoms with van der Waals surface area (Å²) in [5.74, 6) is -0.271. The van der Waals surface area contributed by atoms with Crippen LogP contribution in [0.25, 0.3) is 0 Å². The van der Waals surface area contributed by atoms with Crippen molar-refractivity contribution in [1.82, 2.24) is 10.6 Å². The van der Waals surface area contributed by atoms with Crippen molar-refractivity contribution in [3.63, 3.8) is 0 Å². The van der Waals surface area contributed by atoms with Gasteiger partial charge in [-0.05, 0) is 42.3 Å². The Morgan fingerprint density at radius 1 is 0.875 bits per heavy atom. The first kappa shape index (κ1) is 18.3. The Morgan fingerprint density at radius 3 is 2.25 bits per heavy atom. The molecule has 0 radical (unpaired) electrons. The lowest BCUT2D eigenvalue weighted by Gasteiger charge is -2.08. The molecule has 0 aliphatic heterocycles. The topological polar surface area (TPSA) is 58.2 Å². The molecule has 2 rings (SSSR count). The van der Waals surface area contributed by atoms with E-state index in [0.717, 1.165) is 5.56 Å². The molecule has 2 amide bonds. The first-order chi connectivity index (χ1) is 11.6. The predicted molar refractivity (Wildman–Crippen MR) is 96.6 cm³/mol. The highest BCUT2D eigenvalue weighted by Gasteiger charge is 2.06. The van der Waals surface area contributed by atoms with Crippen molar-refractivity contribution in [2.75, 3.05) is 13.1 Å². The summed E-state index contributed by atoms with van der Waals surface area (Å²) in [6.45, 7) is 0.736. The minimum absolute atomic E-state index is 0.0735. The van der Waals surface area contributed by atoms with Gasteiger partial charge in [0.2, 0.25) is 5.91 Å². The number of aryl methyl sites for hydroxylation is 1. The molecule has 24 heavy (non-hydrogen) atoms. The molecule has 6 heteroatoms. The van der Waals surface area contributed by atoms with Crippen LogP contribution in [0.4, 0.5) is 0 Å². The Morgan fingerprint density at radius 2 is 1.54 bits per heavy atom. The van der Waals surface area contributed by atoms with E-state index in [-0.39, 0.29) is 11.8 Å². The molecule has 0 atom stereocenters. The molecule has 4 nitrogen and oxygen atoms in total. The monoisotopic (exact) mass is 364 g/mol. The van der Waals surface area contributed by atoms with Crippen molar-refractivity contribution in [3.8, 4) is 0 Å². The van der Waals surface area contributed by atoms with E-state index in [1.165, 1.54) is 0 Å². The molecular weight excluding hydrogens is 347 g/mol. The van der Waals surface area contributed by atoms with E-state index in [1.54, 1.807) is 30.3 Å². The molecule has 0 aromatic heterocycles.